The van der Waals surface area contributed by atoms with Crippen molar-refractivity contribution in [1.82, 2.24) is 21.3 Å². The Balaban J connectivity index is 1.57. The summed E-state index contributed by atoms with van der Waals surface area (Å²) in [7, 11) is 0. The summed E-state index contributed by atoms with van der Waals surface area (Å²) in [6.07, 6.45) is 0.327. The van der Waals surface area contributed by atoms with Crippen molar-refractivity contribution in [2.75, 3.05) is 13.1 Å². The van der Waals surface area contributed by atoms with Crippen molar-refractivity contribution in [3.05, 3.63) is 95.6 Å². The van der Waals surface area contributed by atoms with Crippen LogP contribution in [0.3, 0.4) is 0 Å². The molecular weight excluding hydrogens is 542 g/mol. The Morgan fingerprint density at radius 1 is 0.786 bits per heavy atom. The van der Waals surface area contributed by atoms with Gasteiger partial charge in [0.05, 0.1) is 12.0 Å². The van der Waals surface area contributed by atoms with E-state index in [9.17, 15) is 28.0 Å². The molecule has 4 amide bonds. The van der Waals surface area contributed by atoms with E-state index in [-0.39, 0.29) is 37.4 Å². The summed E-state index contributed by atoms with van der Waals surface area (Å²) < 4.78 is 28.0. The van der Waals surface area contributed by atoms with Gasteiger partial charge in [-0.3, -0.25) is 19.2 Å². The average Bonchev–Trinajstić information content (AvgIpc) is 2.93. The van der Waals surface area contributed by atoms with E-state index >= 15 is 0 Å². The van der Waals surface area contributed by atoms with Gasteiger partial charge in [0.15, 0.2) is 0 Å². The number of halogens is 2. The van der Waals surface area contributed by atoms with Crippen molar-refractivity contribution >= 4 is 23.6 Å². The lowest BCUT2D eigenvalue weighted by molar-refractivity contribution is -0.132. The molecule has 42 heavy (non-hydrogen) atoms. The highest BCUT2D eigenvalue weighted by molar-refractivity contribution is 5.96. The van der Waals surface area contributed by atoms with Crippen LogP contribution >= 0.6 is 0 Å². The molecule has 3 aromatic carbocycles. The molecule has 3 aromatic rings. The maximum Gasteiger partial charge on any atom is 0.254 e. The molecular formula is C32H36F2N4O4. The van der Waals surface area contributed by atoms with Crippen LogP contribution in [-0.2, 0) is 20.8 Å². The van der Waals surface area contributed by atoms with E-state index in [1.54, 1.807) is 26.8 Å². The molecule has 0 heterocycles. The molecule has 0 saturated heterocycles. The molecule has 4 N–H and O–H groups in total. The maximum absolute atomic E-state index is 14.4. The second-order valence-electron chi connectivity index (χ2n) is 10.9. The van der Waals surface area contributed by atoms with E-state index in [0.29, 0.717) is 17.5 Å². The third-order valence-electron chi connectivity index (χ3n) is 6.12. The van der Waals surface area contributed by atoms with Crippen LogP contribution < -0.4 is 21.3 Å². The average molecular weight is 579 g/mol. The second-order valence-corrected chi connectivity index (χ2v) is 10.9. The first-order chi connectivity index (χ1) is 19.9. The minimum Gasteiger partial charge on any atom is -0.353 e. The molecule has 1 atom stereocenters. The first-order valence-corrected chi connectivity index (χ1v) is 13.7. The van der Waals surface area contributed by atoms with Gasteiger partial charge in [-0.15, -0.1) is 0 Å². The molecule has 222 valence electrons. The third-order valence-corrected chi connectivity index (χ3v) is 6.12. The van der Waals surface area contributed by atoms with Crippen molar-refractivity contribution in [3.63, 3.8) is 0 Å². The topological polar surface area (TPSA) is 116 Å². The molecule has 0 fully saturated rings. The number of aryl methyl sites for hydroxylation is 1. The zero-order valence-corrected chi connectivity index (χ0v) is 23.9. The van der Waals surface area contributed by atoms with Crippen molar-refractivity contribution in [2.45, 2.75) is 51.6 Å². The quantitative estimate of drug-likeness (QED) is 0.244. The van der Waals surface area contributed by atoms with Crippen LogP contribution in [0.15, 0.2) is 72.8 Å². The van der Waals surface area contributed by atoms with Crippen molar-refractivity contribution in [1.29, 1.82) is 0 Å². The Bertz CT molecular complexity index is 1410. The van der Waals surface area contributed by atoms with Gasteiger partial charge in [-0.25, -0.2) is 8.78 Å². The largest absolute Gasteiger partial charge is 0.353 e. The highest BCUT2D eigenvalue weighted by atomic mass is 19.1. The van der Waals surface area contributed by atoms with Gasteiger partial charge in [0.1, 0.15) is 17.7 Å². The molecule has 0 bridgehead atoms. The highest BCUT2D eigenvalue weighted by Crippen LogP contribution is 2.23. The lowest BCUT2D eigenvalue weighted by atomic mass is 10.0. The van der Waals surface area contributed by atoms with E-state index in [0.717, 1.165) is 11.6 Å². The van der Waals surface area contributed by atoms with Crippen LogP contribution in [0.25, 0.3) is 11.1 Å². The minimum atomic E-state index is -1.13. The Hall–Kier alpha value is -4.60. The number of hydrogen-bond donors (Lipinski definition) is 4. The molecule has 8 nitrogen and oxygen atoms in total. The Labute approximate surface area is 244 Å². The Kier molecular flexibility index (Phi) is 11.3. The van der Waals surface area contributed by atoms with Crippen LogP contribution in [-0.4, -0.2) is 48.3 Å². The smallest absolute Gasteiger partial charge is 0.254 e. The fraction of sp³-hybridized carbons (Fsp3) is 0.312. The first-order valence-electron chi connectivity index (χ1n) is 13.7. The predicted molar refractivity (Wildman–Crippen MR) is 156 cm³/mol. The summed E-state index contributed by atoms with van der Waals surface area (Å²) in [4.78, 5) is 50.8. The number of hydrogen-bond acceptors (Lipinski definition) is 4. The molecule has 0 aliphatic rings. The van der Waals surface area contributed by atoms with Crippen LogP contribution in [0.2, 0.25) is 0 Å². The van der Waals surface area contributed by atoms with Gasteiger partial charge in [0, 0.05) is 25.0 Å². The molecule has 0 aliphatic heterocycles. The number of rotatable bonds is 12. The number of carbonyl (C=O) groups is 4. The molecule has 0 radical (unpaired) electrons. The van der Waals surface area contributed by atoms with E-state index in [2.05, 4.69) is 21.3 Å². The zero-order valence-electron chi connectivity index (χ0n) is 23.9. The molecule has 0 saturated carbocycles. The number of amides is 4. The van der Waals surface area contributed by atoms with Gasteiger partial charge < -0.3 is 21.3 Å². The van der Waals surface area contributed by atoms with E-state index in [1.807, 2.05) is 30.3 Å². The van der Waals surface area contributed by atoms with Gasteiger partial charge in [-0.1, -0.05) is 48.5 Å². The Morgan fingerprint density at radius 2 is 1.48 bits per heavy atom. The summed E-state index contributed by atoms with van der Waals surface area (Å²) in [5, 5.41) is 10.6. The fourth-order valence-electron chi connectivity index (χ4n) is 4.16. The first kappa shape index (κ1) is 31.9. The lowest BCUT2D eigenvalue weighted by Crippen LogP contribution is -2.51. The van der Waals surface area contributed by atoms with E-state index < -0.39 is 40.9 Å². The molecule has 0 aliphatic carbocycles. The van der Waals surface area contributed by atoms with Crippen molar-refractivity contribution in [2.24, 2.45) is 0 Å². The van der Waals surface area contributed by atoms with Crippen LogP contribution in [0.1, 0.15) is 49.5 Å². The molecule has 0 aromatic heterocycles. The third kappa shape index (κ3) is 10.4. The Morgan fingerprint density at radius 3 is 2.17 bits per heavy atom. The van der Waals surface area contributed by atoms with Gasteiger partial charge in [-0.05, 0) is 68.1 Å². The van der Waals surface area contributed by atoms with Crippen molar-refractivity contribution in [3.8, 4) is 11.1 Å². The highest BCUT2D eigenvalue weighted by Gasteiger charge is 2.25. The molecule has 0 unspecified atom stereocenters. The normalized spacial score (nSPS) is 11.7. The van der Waals surface area contributed by atoms with Crippen molar-refractivity contribution < 1.29 is 28.0 Å². The van der Waals surface area contributed by atoms with E-state index in [1.165, 1.54) is 30.3 Å². The van der Waals surface area contributed by atoms with Crippen LogP contribution in [0.5, 0.6) is 0 Å². The molecule has 0 spiro atoms. The predicted octanol–water partition coefficient (Wildman–Crippen LogP) is 3.90. The second kappa shape index (κ2) is 14.9. The summed E-state index contributed by atoms with van der Waals surface area (Å²) in [6.45, 7) is 5.33. The molecule has 10 heteroatoms. The zero-order chi connectivity index (χ0) is 30.7. The fourth-order valence-corrected chi connectivity index (χ4v) is 4.16. The number of benzene rings is 3. The van der Waals surface area contributed by atoms with Crippen LogP contribution in [0.4, 0.5) is 8.78 Å². The number of nitrogens with one attached hydrogen (secondary N) is 4. The van der Waals surface area contributed by atoms with Gasteiger partial charge >= 0.3 is 0 Å². The van der Waals surface area contributed by atoms with Gasteiger partial charge in [0.25, 0.3) is 5.91 Å². The van der Waals surface area contributed by atoms with Gasteiger partial charge in [-0.2, -0.15) is 0 Å². The lowest BCUT2D eigenvalue weighted by Gasteiger charge is -2.23. The monoisotopic (exact) mass is 578 g/mol. The standard InChI is InChI=1S/C32H36F2N4O4/c1-32(2,3)38-29(40)20-27(37-28(39)15-12-21-8-5-4-6-9-21)31(42)36-17-16-35-30(41)25-19-23(13-14-26(25)34)22-10-7-11-24(33)18-22/h4-11,13-14,18-19,27H,12,15-17,20H2,1-3H3,(H,35,41)(H,36,42)(H,37,39)(H,38,40)/t27-/m0/s1. The maximum atomic E-state index is 14.4. The van der Waals surface area contributed by atoms with E-state index in [4.69, 9.17) is 0 Å². The number of carbonyl (C=O) groups excluding carboxylic acids is 4. The summed E-state index contributed by atoms with van der Waals surface area (Å²) in [5.74, 6) is -3.31. The van der Waals surface area contributed by atoms with Gasteiger partial charge in [0.2, 0.25) is 17.7 Å². The summed E-state index contributed by atoms with van der Waals surface area (Å²) >= 11 is 0. The SMILES string of the molecule is CC(C)(C)NC(=O)C[C@H](NC(=O)CCc1ccccc1)C(=O)NCCNC(=O)c1cc(-c2cccc(F)c2)ccc1F. The van der Waals surface area contributed by atoms with Crippen LogP contribution in [0, 0.1) is 11.6 Å². The minimum absolute atomic E-state index is 0.0347. The molecule has 3 rings (SSSR count). The summed E-state index contributed by atoms with van der Waals surface area (Å²) in [6, 6.07) is 17.9. The summed E-state index contributed by atoms with van der Waals surface area (Å²) in [5.41, 5.74) is 1.16.